The Kier molecular flexibility index (Phi) is 33.0. The molecule has 1 atom stereocenters. The fourth-order valence-electron chi connectivity index (χ4n) is 3.51. The first-order valence-electron chi connectivity index (χ1n) is 11.7. The summed E-state index contributed by atoms with van der Waals surface area (Å²) in [5, 5.41) is 24.2. The zero-order valence-corrected chi connectivity index (χ0v) is 24.1. The largest absolute Gasteiger partial charge is 1.00 e. The molecule has 30 heavy (non-hydrogen) atoms. The Balaban J connectivity index is -0.00000364. The van der Waals surface area contributed by atoms with Crippen LogP contribution < -0.4 is 74.6 Å². The number of hydrogen-bond donors (Lipinski definition) is 1. The fourth-order valence-corrected chi connectivity index (χ4v) is 3.51. The minimum Gasteiger partial charge on any atom is -0.550 e. The number of carboxylic acids is 2. The fraction of sp³-hybridized carbons (Fsp3) is 0.913. The van der Waals surface area contributed by atoms with Crippen molar-refractivity contribution in [3.05, 3.63) is 0 Å². The SMILES string of the molecule is CCCCCCCCCCCCCCCCCCNC(CCC(=O)[O-])C(=O)[O-].[Na+].[Na+]. The Hall–Kier alpha value is 0.900. The monoisotopic (exact) mass is 443 g/mol. The van der Waals surface area contributed by atoms with E-state index < -0.39 is 18.0 Å². The van der Waals surface area contributed by atoms with Gasteiger partial charge in [0, 0.05) is 12.0 Å². The van der Waals surface area contributed by atoms with Gasteiger partial charge in [-0.3, -0.25) is 0 Å². The Labute approximate surface area is 229 Å². The number of rotatable bonds is 22. The molecular weight excluding hydrogens is 400 g/mol. The molecule has 0 spiro atoms. The molecule has 5 nitrogen and oxygen atoms in total. The number of unbranched alkanes of at least 4 members (excludes halogenated alkanes) is 15. The normalized spacial score (nSPS) is 11.4. The molecule has 1 N–H and O–H groups in total. The van der Waals surface area contributed by atoms with Crippen LogP contribution in [0.25, 0.3) is 0 Å². The van der Waals surface area contributed by atoms with Crippen molar-refractivity contribution in [2.24, 2.45) is 0 Å². The zero-order chi connectivity index (χ0) is 20.9. The minimum atomic E-state index is -1.24. The summed E-state index contributed by atoms with van der Waals surface area (Å²) in [5.74, 6) is -2.46. The molecule has 0 fully saturated rings. The van der Waals surface area contributed by atoms with Crippen LogP contribution in [-0.4, -0.2) is 24.5 Å². The second-order valence-electron chi connectivity index (χ2n) is 8.04. The predicted molar refractivity (Wildman–Crippen MR) is 111 cm³/mol. The van der Waals surface area contributed by atoms with Gasteiger partial charge in [0.25, 0.3) is 0 Å². The molecule has 0 radical (unpaired) electrons. The summed E-state index contributed by atoms with van der Waals surface area (Å²) >= 11 is 0. The molecule has 0 rings (SSSR count). The van der Waals surface area contributed by atoms with Crippen LogP contribution in [0, 0.1) is 0 Å². The summed E-state index contributed by atoms with van der Waals surface area (Å²) in [6, 6.07) is -0.894. The molecule has 0 aliphatic heterocycles. The van der Waals surface area contributed by atoms with Gasteiger partial charge in [0.05, 0.1) is 5.97 Å². The number of carbonyl (C=O) groups is 2. The van der Waals surface area contributed by atoms with E-state index in [-0.39, 0.29) is 72.0 Å². The first kappa shape index (κ1) is 35.5. The van der Waals surface area contributed by atoms with Crippen molar-refractivity contribution in [3.8, 4) is 0 Å². The Morgan fingerprint density at radius 3 is 1.37 bits per heavy atom. The van der Waals surface area contributed by atoms with E-state index in [0.29, 0.717) is 6.54 Å². The van der Waals surface area contributed by atoms with Crippen LogP contribution in [0.4, 0.5) is 0 Å². The zero-order valence-electron chi connectivity index (χ0n) is 20.1. The van der Waals surface area contributed by atoms with E-state index in [2.05, 4.69) is 12.2 Å². The van der Waals surface area contributed by atoms with Gasteiger partial charge in [0.15, 0.2) is 0 Å². The standard InChI is InChI=1S/C23H45NO4.2Na/c1-2-3-4-5-6-7-8-9-10-11-12-13-14-15-16-17-20-24-21(23(27)28)18-19-22(25)26;;/h21,24H,2-20H2,1H3,(H,25,26)(H,27,28);;/q;2*+1/p-2. The maximum absolute atomic E-state index is 10.9. The average molecular weight is 444 g/mol. The van der Waals surface area contributed by atoms with Crippen LogP contribution >= 0.6 is 0 Å². The molecule has 0 amide bonds. The molecule has 166 valence electrons. The van der Waals surface area contributed by atoms with Gasteiger partial charge in [0.2, 0.25) is 0 Å². The first-order chi connectivity index (χ1) is 13.6. The molecule has 0 heterocycles. The molecule has 0 saturated carbocycles. The minimum absolute atomic E-state index is 0. The summed E-state index contributed by atoms with van der Waals surface area (Å²) in [7, 11) is 0. The van der Waals surface area contributed by atoms with E-state index in [4.69, 9.17) is 0 Å². The maximum atomic E-state index is 10.9. The molecule has 0 aliphatic rings. The number of nitrogens with one attached hydrogen (secondary N) is 1. The molecular formula is C23H43NNa2O4. The van der Waals surface area contributed by atoms with Gasteiger partial charge in [0.1, 0.15) is 0 Å². The van der Waals surface area contributed by atoms with Crippen LogP contribution in [0.5, 0.6) is 0 Å². The Bertz CT molecular complexity index is 384. The van der Waals surface area contributed by atoms with Gasteiger partial charge in [-0.05, 0) is 25.8 Å². The third-order valence-corrected chi connectivity index (χ3v) is 5.34. The van der Waals surface area contributed by atoms with Gasteiger partial charge < -0.3 is 25.1 Å². The van der Waals surface area contributed by atoms with Crippen molar-refractivity contribution in [2.75, 3.05) is 6.54 Å². The average Bonchev–Trinajstić information content (AvgIpc) is 2.66. The van der Waals surface area contributed by atoms with E-state index in [9.17, 15) is 19.8 Å². The third-order valence-electron chi connectivity index (χ3n) is 5.34. The molecule has 0 aromatic rings. The number of carbonyl (C=O) groups excluding carboxylic acids is 2. The summed E-state index contributed by atoms with van der Waals surface area (Å²) in [4.78, 5) is 21.3. The topological polar surface area (TPSA) is 92.3 Å². The van der Waals surface area contributed by atoms with E-state index in [1.165, 1.54) is 89.9 Å². The van der Waals surface area contributed by atoms with E-state index in [1.54, 1.807) is 0 Å². The summed E-state index contributed by atoms with van der Waals surface area (Å²) in [6.45, 7) is 2.85. The van der Waals surface area contributed by atoms with Crippen molar-refractivity contribution in [2.45, 2.75) is 129 Å². The second-order valence-corrected chi connectivity index (χ2v) is 8.04. The smallest absolute Gasteiger partial charge is 0.550 e. The van der Waals surface area contributed by atoms with Crippen molar-refractivity contribution >= 4 is 11.9 Å². The van der Waals surface area contributed by atoms with Crippen LogP contribution in [0.15, 0.2) is 0 Å². The van der Waals surface area contributed by atoms with Crippen molar-refractivity contribution in [3.63, 3.8) is 0 Å². The maximum Gasteiger partial charge on any atom is 1.00 e. The van der Waals surface area contributed by atoms with E-state index >= 15 is 0 Å². The van der Waals surface area contributed by atoms with Crippen molar-refractivity contribution < 1.29 is 78.9 Å². The van der Waals surface area contributed by atoms with Gasteiger partial charge in [-0.1, -0.05) is 103 Å². The third kappa shape index (κ3) is 26.9. The molecule has 7 heteroatoms. The first-order valence-corrected chi connectivity index (χ1v) is 11.7. The van der Waals surface area contributed by atoms with Gasteiger partial charge in [-0.2, -0.15) is 0 Å². The van der Waals surface area contributed by atoms with Gasteiger partial charge in [-0.15, -0.1) is 0 Å². The van der Waals surface area contributed by atoms with Crippen molar-refractivity contribution in [1.82, 2.24) is 5.32 Å². The second kappa shape index (κ2) is 27.9. The van der Waals surface area contributed by atoms with Gasteiger partial charge >= 0.3 is 59.1 Å². The van der Waals surface area contributed by atoms with Gasteiger partial charge in [-0.25, -0.2) is 0 Å². The number of carboxylic acid groups (broad SMARTS) is 2. The van der Waals surface area contributed by atoms with Crippen LogP contribution in [0.2, 0.25) is 0 Å². The number of aliphatic carboxylic acids is 2. The van der Waals surface area contributed by atoms with Crippen LogP contribution in [0.3, 0.4) is 0 Å². The molecule has 0 saturated heterocycles. The van der Waals surface area contributed by atoms with E-state index in [0.717, 1.165) is 12.8 Å². The number of hydrogen-bond acceptors (Lipinski definition) is 5. The van der Waals surface area contributed by atoms with Crippen LogP contribution in [0.1, 0.15) is 122 Å². The summed E-state index contributed by atoms with van der Waals surface area (Å²) in [6.07, 6.45) is 20.6. The molecule has 0 aliphatic carbocycles. The molecule has 0 bridgehead atoms. The molecule has 0 aromatic carbocycles. The predicted octanol–water partition coefficient (Wildman–Crippen LogP) is -2.51. The Morgan fingerprint density at radius 1 is 0.667 bits per heavy atom. The molecule has 1 unspecified atom stereocenters. The quantitative estimate of drug-likeness (QED) is 0.147. The van der Waals surface area contributed by atoms with Crippen molar-refractivity contribution in [1.29, 1.82) is 0 Å². The summed E-state index contributed by atoms with van der Waals surface area (Å²) in [5.41, 5.74) is 0. The summed E-state index contributed by atoms with van der Waals surface area (Å²) < 4.78 is 0. The molecule has 0 aromatic heterocycles. The van der Waals surface area contributed by atoms with E-state index in [1.807, 2.05) is 0 Å². The van der Waals surface area contributed by atoms with Crippen LogP contribution in [-0.2, 0) is 9.59 Å². The Morgan fingerprint density at radius 2 is 1.03 bits per heavy atom.